The number of amides is 2. The van der Waals surface area contributed by atoms with Gasteiger partial charge in [0.15, 0.2) is 0 Å². The number of carbonyl (C=O) groups excluding carboxylic acids is 2. The first kappa shape index (κ1) is 8.88. The molecule has 3 nitrogen and oxygen atoms in total. The fraction of sp³-hybridized carbons (Fsp3) is 0.429. The van der Waals surface area contributed by atoms with Crippen LogP contribution in [-0.4, -0.2) is 11.8 Å². The predicted octanol–water partition coefficient (Wildman–Crippen LogP) is 0.615. The van der Waals surface area contributed by atoms with E-state index >= 15 is 0 Å². The Morgan fingerprint density at radius 2 is 1.70 bits per heavy atom. The van der Waals surface area contributed by atoms with Gasteiger partial charge in [0.25, 0.3) is 0 Å². The Bertz CT molecular complexity index is 138. The highest BCUT2D eigenvalue weighted by molar-refractivity contribution is 6.01. The second-order valence-corrected chi connectivity index (χ2v) is 1.88. The normalized spacial score (nSPS) is 15.3. The first-order valence-corrected chi connectivity index (χ1v) is 3.10. The van der Waals surface area contributed by atoms with Crippen LogP contribution >= 0.6 is 0 Å². The number of nitrogens with one attached hydrogen (secondary N) is 1. The summed E-state index contributed by atoms with van der Waals surface area (Å²) in [4.78, 5) is 20.2. The second-order valence-electron chi connectivity index (χ2n) is 1.88. The number of rotatable bonds is 0. The molecule has 1 saturated heterocycles. The summed E-state index contributed by atoms with van der Waals surface area (Å²) in [7, 11) is 0. The fourth-order valence-electron chi connectivity index (χ4n) is 0.508. The van der Waals surface area contributed by atoms with Crippen molar-refractivity contribution in [2.45, 2.75) is 19.8 Å². The monoisotopic (exact) mass is 141 g/mol. The van der Waals surface area contributed by atoms with Crippen molar-refractivity contribution in [2.24, 2.45) is 0 Å². The van der Waals surface area contributed by atoms with E-state index in [4.69, 9.17) is 0 Å². The Morgan fingerprint density at radius 1 is 1.40 bits per heavy atom. The average Bonchev–Trinajstić information content (AvgIpc) is 2.17. The quantitative estimate of drug-likeness (QED) is 0.397. The van der Waals surface area contributed by atoms with Gasteiger partial charge in [-0.15, -0.1) is 6.58 Å². The van der Waals surface area contributed by atoms with Gasteiger partial charge in [0.1, 0.15) is 0 Å². The van der Waals surface area contributed by atoms with Crippen LogP contribution in [0, 0.1) is 0 Å². The van der Waals surface area contributed by atoms with Gasteiger partial charge >= 0.3 is 0 Å². The van der Waals surface area contributed by atoms with Crippen molar-refractivity contribution in [2.75, 3.05) is 0 Å². The SMILES string of the molecule is C=CC.O=C1CCC(=O)N1. The molecule has 0 atom stereocenters. The molecule has 0 aliphatic carbocycles. The van der Waals surface area contributed by atoms with E-state index in [2.05, 4.69) is 11.9 Å². The maximum absolute atomic E-state index is 10.1. The molecule has 56 valence electrons. The Balaban J connectivity index is 0.000000236. The Morgan fingerprint density at radius 3 is 1.80 bits per heavy atom. The summed E-state index contributed by atoms with van der Waals surface area (Å²) in [6, 6.07) is 0. The molecule has 0 spiro atoms. The van der Waals surface area contributed by atoms with Crippen molar-refractivity contribution in [1.29, 1.82) is 0 Å². The molecule has 3 heteroatoms. The first-order chi connectivity index (χ1) is 4.70. The molecule has 0 bridgehead atoms. The topological polar surface area (TPSA) is 46.2 Å². The van der Waals surface area contributed by atoms with Crippen LogP contribution < -0.4 is 5.32 Å². The van der Waals surface area contributed by atoms with E-state index in [0.29, 0.717) is 12.8 Å². The van der Waals surface area contributed by atoms with Crippen molar-refractivity contribution in [3.8, 4) is 0 Å². The number of carbonyl (C=O) groups is 2. The van der Waals surface area contributed by atoms with Gasteiger partial charge in [0.2, 0.25) is 11.8 Å². The Hall–Kier alpha value is -1.12. The molecule has 1 aliphatic rings. The summed E-state index contributed by atoms with van der Waals surface area (Å²) in [5.41, 5.74) is 0. The zero-order valence-electron chi connectivity index (χ0n) is 6.02. The lowest BCUT2D eigenvalue weighted by Crippen LogP contribution is -2.18. The van der Waals surface area contributed by atoms with Crippen molar-refractivity contribution in [1.82, 2.24) is 5.32 Å². The van der Waals surface area contributed by atoms with E-state index in [9.17, 15) is 9.59 Å². The third-order valence-electron chi connectivity index (χ3n) is 0.858. The molecule has 1 heterocycles. The van der Waals surface area contributed by atoms with E-state index in [-0.39, 0.29) is 11.8 Å². The molecule has 1 N–H and O–H groups in total. The minimum Gasteiger partial charge on any atom is -0.296 e. The van der Waals surface area contributed by atoms with Gasteiger partial charge in [0, 0.05) is 12.8 Å². The highest BCUT2D eigenvalue weighted by Crippen LogP contribution is 1.95. The molecule has 1 fully saturated rings. The van der Waals surface area contributed by atoms with Crippen LogP contribution in [0.2, 0.25) is 0 Å². The van der Waals surface area contributed by atoms with Gasteiger partial charge in [-0.2, -0.15) is 0 Å². The number of hydrogen-bond acceptors (Lipinski definition) is 2. The van der Waals surface area contributed by atoms with E-state index in [1.54, 1.807) is 6.08 Å². The summed E-state index contributed by atoms with van der Waals surface area (Å²) in [5, 5.41) is 2.14. The van der Waals surface area contributed by atoms with Crippen LogP contribution in [0.4, 0.5) is 0 Å². The molecule has 1 aliphatic heterocycles. The van der Waals surface area contributed by atoms with Crippen molar-refractivity contribution in [3.63, 3.8) is 0 Å². The molecule has 0 unspecified atom stereocenters. The van der Waals surface area contributed by atoms with Crippen LogP contribution in [0.15, 0.2) is 12.7 Å². The first-order valence-electron chi connectivity index (χ1n) is 3.10. The molecule has 2 amide bonds. The summed E-state index contributed by atoms with van der Waals surface area (Å²) in [6.07, 6.45) is 2.50. The smallest absolute Gasteiger partial charge is 0.227 e. The van der Waals surface area contributed by atoms with E-state index in [0.717, 1.165) is 0 Å². The van der Waals surface area contributed by atoms with E-state index in [1.807, 2.05) is 6.92 Å². The molecule has 0 aromatic rings. The minimum atomic E-state index is -0.148. The number of allylic oxidation sites excluding steroid dienone is 1. The maximum atomic E-state index is 10.1. The highest BCUT2D eigenvalue weighted by Gasteiger charge is 2.15. The summed E-state index contributed by atoms with van der Waals surface area (Å²) < 4.78 is 0. The number of imide groups is 1. The maximum Gasteiger partial charge on any atom is 0.227 e. The van der Waals surface area contributed by atoms with Gasteiger partial charge in [-0.3, -0.25) is 14.9 Å². The van der Waals surface area contributed by atoms with Gasteiger partial charge in [-0.1, -0.05) is 6.08 Å². The van der Waals surface area contributed by atoms with Gasteiger partial charge < -0.3 is 0 Å². The lowest BCUT2D eigenvalue weighted by atomic mass is 10.4. The van der Waals surface area contributed by atoms with E-state index < -0.39 is 0 Å². The number of hydrogen-bond donors (Lipinski definition) is 1. The molecule has 0 radical (unpaired) electrons. The van der Waals surface area contributed by atoms with Crippen LogP contribution in [-0.2, 0) is 9.59 Å². The Labute approximate surface area is 60.1 Å². The van der Waals surface area contributed by atoms with Gasteiger partial charge in [-0.05, 0) is 6.92 Å². The Kier molecular flexibility index (Phi) is 4.20. The van der Waals surface area contributed by atoms with Crippen molar-refractivity contribution < 1.29 is 9.59 Å². The molecule has 0 saturated carbocycles. The largest absolute Gasteiger partial charge is 0.296 e. The van der Waals surface area contributed by atoms with Gasteiger partial charge in [-0.25, -0.2) is 0 Å². The summed E-state index contributed by atoms with van der Waals surface area (Å²) in [6.45, 7) is 5.25. The molecular formula is C7H11NO2. The van der Waals surface area contributed by atoms with E-state index in [1.165, 1.54) is 0 Å². The third-order valence-corrected chi connectivity index (χ3v) is 0.858. The van der Waals surface area contributed by atoms with Crippen LogP contribution in [0.1, 0.15) is 19.8 Å². The molecule has 1 rings (SSSR count). The molecule has 0 aromatic heterocycles. The van der Waals surface area contributed by atoms with Crippen molar-refractivity contribution in [3.05, 3.63) is 12.7 Å². The predicted molar refractivity (Wildman–Crippen MR) is 38.3 cm³/mol. The van der Waals surface area contributed by atoms with Gasteiger partial charge in [0.05, 0.1) is 0 Å². The minimum absolute atomic E-state index is 0.148. The van der Waals surface area contributed by atoms with Crippen LogP contribution in [0.5, 0.6) is 0 Å². The second kappa shape index (κ2) is 4.73. The molecule has 10 heavy (non-hydrogen) atoms. The van der Waals surface area contributed by atoms with Crippen LogP contribution in [0.25, 0.3) is 0 Å². The van der Waals surface area contributed by atoms with Crippen LogP contribution in [0.3, 0.4) is 0 Å². The lowest BCUT2D eigenvalue weighted by molar-refractivity contribution is -0.124. The third kappa shape index (κ3) is 3.83. The molecule has 0 aromatic carbocycles. The van der Waals surface area contributed by atoms with Crippen molar-refractivity contribution >= 4 is 11.8 Å². The average molecular weight is 141 g/mol. The zero-order valence-corrected chi connectivity index (χ0v) is 6.02. The standard InChI is InChI=1S/C4H5NO2.C3H6/c6-3-1-2-4(7)5-3;1-3-2/h1-2H2,(H,5,6,7);3H,1H2,2H3. The lowest BCUT2D eigenvalue weighted by Gasteiger charge is -1.79. The highest BCUT2D eigenvalue weighted by atomic mass is 16.2. The summed E-state index contributed by atoms with van der Waals surface area (Å²) in [5.74, 6) is -0.296. The fourth-order valence-corrected chi connectivity index (χ4v) is 0.508. The zero-order chi connectivity index (χ0) is 7.98. The molecular weight excluding hydrogens is 130 g/mol. The summed E-state index contributed by atoms with van der Waals surface area (Å²) >= 11 is 0.